The van der Waals surface area contributed by atoms with Crippen LogP contribution >= 0.6 is 11.6 Å². The van der Waals surface area contributed by atoms with E-state index in [2.05, 4.69) is 9.97 Å². The summed E-state index contributed by atoms with van der Waals surface area (Å²) in [6.07, 6.45) is 1.64. The van der Waals surface area contributed by atoms with Crippen molar-refractivity contribution in [3.63, 3.8) is 0 Å². The quantitative estimate of drug-likeness (QED) is 0.627. The summed E-state index contributed by atoms with van der Waals surface area (Å²) >= 11 is 6.05. The molecule has 0 aliphatic rings. The van der Waals surface area contributed by atoms with E-state index in [9.17, 15) is 4.79 Å². The van der Waals surface area contributed by atoms with Crippen molar-refractivity contribution >= 4 is 28.8 Å². The number of aldehydes is 1. The first-order valence-electron chi connectivity index (χ1n) is 4.80. The van der Waals surface area contributed by atoms with Crippen LogP contribution in [0.25, 0.3) is 10.9 Å². The maximum Gasteiger partial charge on any atom is 0.152 e. The number of H-pyrrole nitrogens is 1. The van der Waals surface area contributed by atoms with E-state index in [1.54, 1.807) is 0 Å². The van der Waals surface area contributed by atoms with Crippen molar-refractivity contribution in [3.05, 3.63) is 28.2 Å². The Kier molecular flexibility index (Phi) is 2.49. The molecule has 0 bridgehead atoms. The summed E-state index contributed by atoms with van der Waals surface area (Å²) in [5.41, 5.74) is 3.24. The fourth-order valence-corrected chi connectivity index (χ4v) is 2.02. The van der Waals surface area contributed by atoms with Crippen molar-refractivity contribution in [2.24, 2.45) is 0 Å². The standard InChI is InChI=1S/C11H11ClN2O/c1-3-7-4-9-10(11(12)14-7)8(5-15)6(2)13-9/h4-5,13H,3H2,1-2H3. The number of aromatic nitrogens is 2. The summed E-state index contributed by atoms with van der Waals surface area (Å²) < 4.78 is 0. The number of nitrogens with one attached hydrogen (secondary N) is 1. The molecule has 0 atom stereocenters. The van der Waals surface area contributed by atoms with Crippen molar-refractivity contribution in [1.29, 1.82) is 0 Å². The Morgan fingerprint density at radius 3 is 2.93 bits per heavy atom. The molecule has 3 nitrogen and oxygen atoms in total. The Morgan fingerprint density at radius 2 is 2.33 bits per heavy atom. The Balaban J connectivity index is 2.85. The van der Waals surface area contributed by atoms with Crippen molar-refractivity contribution in [3.8, 4) is 0 Å². The zero-order valence-corrected chi connectivity index (χ0v) is 9.35. The van der Waals surface area contributed by atoms with Crippen molar-refractivity contribution in [1.82, 2.24) is 9.97 Å². The molecule has 0 aromatic carbocycles. The molecule has 2 aromatic heterocycles. The topological polar surface area (TPSA) is 45.8 Å². The van der Waals surface area contributed by atoms with E-state index in [-0.39, 0.29) is 0 Å². The maximum atomic E-state index is 10.9. The molecule has 0 unspecified atom stereocenters. The number of fused-ring (bicyclic) bond motifs is 1. The fourth-order valence-electron chi connectivity index (χ4n) is 1.70. The molecule has 1 N–H and O–H groups in total. The van der Waals surface area contributed by atoms with Crippen LogP contribution in [0.5, 0.6) is 0 Å². The summed E-state index contributed by atoms with van der Waals surface area (Å²) in [4.78, 5) is 18.3. The summed E-state index contributed by atoms with van der Waals surface area (Å²) in [6.45, 7) is 3.87. The molecule has 0 saturated heterocycles. The van der Waals surface area contributed by atoms with Crippen LogP contribution in [-0.2, 0) is 6.42 Å². The fraction of sp³-hybridized carbons (Fsp3) is 0.273. The van der Waals surface area contributed by atoms with Crippen LogP contribution in [-0.4, -0.2) is 16.3 Å². The number of aryl methyl sites for hydroxylation is 2. The Bertz CT molecular complexity index is 531. The van der Waals surface area contributed by atoms with Crippen LogP contribution < -0.4 is 0 Å². The molecule has 0 fully saturated rings. The Morgan fingerprint density at radius 1 is 1.60 bits per heavy atom. The molecule has 0 spiro atoms. The van der Waals surface area contributed by atoms with Gasteiger partial charge >= 0.3 is 0 Å². The van der Waals surface area contributed by atoms with Crippen LogP contribution in [0.4, 0.5) is 0 Å². The molecule has 0 saturated carbocycles. The number of aromatic amines is 1. The first-order chi connectivity index (χ1) is 7.17. The zero-order chi connectivity index (χ0) is 11.0. The van der Waals surface area contributed by atoms with Crippen molar-refractivity contribution < 1.29 is 4.79 Å². The smallest absolute Gasteiger partial charge is 0.152 e. The van der Waals surface area contributed by atoms with Gasteiger partial charge in [0.1, 0.15) is 5.15 Å². The molecule has 0 aliphatic carbocycles. The number of nitrogens with zero attached hydrogens (tertiary/aromatic N) is 1. The van der Waals surface area contributed by atoms with E-state index in [4.69, 9.17) is 11.6 Å². The number of pyridine rings is 1. The van der Waals surface area contributed by atoms with Gasteiger partial charge in [-0.25, -0.2) is 4.98 Å². The van der Waals surface area contributed by atoms with Crippen LogP contribution in [0.1, 0.15) is 28.7 Å². The molecule has 2 rings (SSSR count). The van der Waals surface area contributed by atoms with E-state index in [1.165, 1.54) is 0 Å². The van der Waals surface area contributed by atoms with E-state index in [1.807, 2.05) is 19.9 Å². The molecule has 0 aliphatic heterocycles. The van der Waals surface area contributed by atoms with Gasteiger partial charge in [0.05, 0.1) is 5.52 Å². The number of rotatable bonds is 2. The second kappa shape index (κ2) is 3.66. The molecule has 78 valence electrons. The van der Waals surface area contributed by atoms with E-state index in [0.29, 0.717) is 10.7 Å². The third-order valence-electron chi connectivity index (χ3n) is 2.50. The zero-order valence-electron chi connectivity index (χ0n) is 8.60. The van der Waals surface area contributed by atoms with Crippen molar-refractivity contribution in [2.45, 2.75) is 20.3 Å². The van der Waals surface area contributed by atoms with Gasteiger partial charge in [0.15, 0.2) is 6.29 Å². The lowest BCUT2D eigenvalue weighted by Crippen LogP contribution is -1.89. The van der Waals surface area contributed by atoms with Gasteiger partial charge in [-0.2, -0.15) is 0 Å². The largest absolute Gasteiger partial charge is 0.358 e. The molecule has 0 amide bonds. The maximum absolute atomic E-state index is 10.9. The third kappa shape index (κ3) is 1.53. The average molecular weight is 223 g/mol. The van der Waals surface area contributed by atoms with E-state index >= 15 is 0 Å². The predicted octanol–water partition coefficient (Wildman–Crippen LogP) is 2.90. The molecular formula is C11H11ClN2O. The normalized spacial score (nSPS) is 10.9. The Labute approximate surface area is 92.5 Å². The number of hydrogen-bond acceptors (Lipinski definition) is 2. The Hall–Kier alpha value is -1.35. The monoisotopic (exact) mass is 222 g/mol. The minimum absolute atomic E-state index is 0.399. The SMILES string of the molecule is CCc1cc2[nH]c(C)c(C=O)c2c(Cl)n1. The van der Waals surface area contributed by atoms with Crippen LogP contribution in [0.15, 0.2) is 6.07 Å². The number of halogens is 1. The van der Waals surface area contributed by atoms with Gasteiger partial charge < -0.3 is 4.98 Å². The lowest BCUT2D eigenvalue weighted by molar-refractivity contribution is 0.112. The minimum Gasteiger partial charge on any atom is -0.358 e. The van der Waals surface area contributed by atoms with Gasteiger partial charge in [-0.3, -0.25) is 4.79 Å². The summed E-state index contributed by atoms with van der Waals surface area (Å²) in [5.74, 6) is 0. The van der Waals surface area contributed by atoms with Gasteiger partial charge in [-0.05, 0) is 19.4 Å². The summed E-state index contributed by atoms with van der Waals surface area (Å²) in [5, 5.41) is 1.12. The molecule has 2 aromatic rings. The first-order valence-corrected chi connectivity index (χ1v) is 5.18. The highest BCUT2D eigenvalue weighted by atomic mass is 35.5. The second-order valence-electron chi connectivity index (χ2n) is 3.46. The minimum atomic E-state index is 0.399. The van der Waals surface area contributed by atoms with Gasteiger partial charge in [0, 0.05) is 22.3 Å². The average Bonchev–Trinajstić information content (AvgIpc) is 2.53. The number of hydrogen-bond donors (Lipinski definition) is 1. The predicted molar refractivity (Wildman–Crippen MR) is 60.6 cm³/mol. The summed E-state index contributed by atoms with van der Waals surface area (Å²) in [6, 6.07) is 1.93. The highest BCUT2D eigenvalue weighted by Crippen LogP contribution is 2.27. The molecule has 0 radical (unpaired) electrons. The highest BCUT2D eigenvalue weighted by molar-refractivity contribution is 6.35. The molecular weight excluding hydrogens is 212 g/mol. The van der Waals surface area contributed by atoms with Crippen molar-refractivity contribution in [2.75, 3.05) is 0 Å². The lowest BCUT2D eigenvalue weighted by atomic mass is 10.2. The van der Waals surface area contributed by atoms with E-state index < -0.39 is 0 Å². The molecule has 15 heavy (non-hydrogen) atoms. The summed E-state index contributed by atoms with van der Waals surface area (Å²) in [7, 11) is 0. The van der Waals surface area contributed by atoms with Gasteiger partial charge in [-0.15, -0.1) is 0 Å². The highest BCUT2D eigenvalue weighted by Gasteiger charge is 2.12. The van der Waals surface area contributed by atoms with Crippen LogP contribution in [0, 0.1) is 6.92 Å². The third-order valence-corrected chi connectivity index (χ3v) is 2.78. The van der Waals surface area contributed by atoms with Gasteiger partial charge in [0.2, 0.25) is 0 Å². The number of carbonyl (C=O) groups excluding carboxylic acids is 1. The number of carbonyl (C=O) groups is 1. The van der Waals surface area contributed by atoms with Crippen LogP contribution in [0.3, 0.4) is 0 Å². The lowest BCUT2D eigenvalue weighted by Gasteiger charge is -1.99. The first kappa shape index (κ1) is 10.2. The van der Waals surface area contributed by atoms with Gasteiger partial charge in [-0.1, -0.05) is 18.5 Å². The molecule has 4 heteroatoms. The van der Waals surface area contributed by atoms with Gasteiger partial charge in [0.25, 0.3) is 0 Å². The second-order valence-corrected chi connectivity index (χ2v) is 3.82. The molecule has 2 heterocycles. The van der Waals surface area contributed by atoms with Crippen LogP contribution in [0.2, 0.25) is 5.15 Å². The van der Waals surface area contributed by atoms with E-state index in [0.717, 1.165) is 35.0 Å².